The van der Waals surface area contributed by atoms with Crippen LogP contribution in [0.2, 0.25) is 0 Å². The van der Waals surface area contributed by atoms with E-state index in [0.29, 0.717) is 13.1 Å². The number of pyridine rings is 1. The molecule has 3 rings (SSSR count). The third-order valence-corrected chi connectivity index (χ3v) is 6.36. The summed E-state index contributed by atoms with van der Waals surface area (Å²) >= 11 is 1.67. The third kappa shape index (κ3) is 6.77. The van der Waals surface area contributed by atoms with E-state index in [0.717, 1.165) is 32.7 Å². The summed E-state index contributed by atoms with van der Waals surface area (Å²) in [4.78, 5) is 42.4. The summed E-state index contributed by atoms with van der Waals surface area (Å²) in [6.07, 6.45) is 7.09. The highest BCUT2D eigenvalue weighted by Crippen LogP contribution is 2.28. The second-order valence-electron chi connectivity index (χ2n) is 8.22. The summed E-state index contributed by atoms with van der Waals surface area (Å²) in [5, 5.41) is 21.5. The van der Waals surface area contributed by atoms with Crippen molar-refractivity contribution in [1.29, 1.82) is 0 Å². The molecule has 186 valence electrons. The van der Waals surface area contributed by atoms with Gasteiger partial charge in [0.05, 0.1) is 12.1 Å². The molecule has 0 aliphatic rings. The highest BCUT2D eigenvalue weighted by atomic mass is 32.2. The normalized spacial score (nSPS) is 11.5. The molecule has 1 amide bonds. The van der Waals surface area contributed by atoms with Crippen LogP contribution >= 0.6 is 11.8 Å². The zero-order valence-electron chi connectivity index (χ0n) is 20.0. The maximum Gasteiger partial charge on any atom is 0.326 e. The number of nitrogens with zero attached hydrogens (tertiary/aromatic N) is 2. The number of carboxylic acids is 2. The second-order valence-corrected chi connectivity index (χ2v) is 9.07. The van der Waals surface area contributed by atoms with Crippen LogP contribution in [0.4, 0.5) is 5.69 Å². The van der Waals surface area contributed by atoms with Crippen LogP contribution in [0.5, 0.6) is 0 Å². The fourth-order valence-electron chi connectivity index (χ4n) is 3.79. The Kier molecular flexibility index (Phi) is 8.92. The molecule has 1 heterocycles. The molecular formula is C27H27N3O5S. The van der Waals surface area contributed by atoms with Gasteiger partial charge in [-0.2, -0.15) is 0 Å². The van der Waals surface area contributed by atoms with Crippen molar-refractivity contribution in [3.63, 3.8) is 0 Å². The monoisotopic (exact) mass is 505 g/mol. The second kappa shape index (κ2) is 12.1. The van der Waals surface area contributed by atoms with Crippen LogP contribution in [0.25, 0.3) is 10.9 Å². The molecule has 0 bridgehead atoms. The number of carboxylic acid groups (broad SMARTS) is 2. The number of carbonyl (C=O) groups is 3. The summed E-state index contributed by atoms with van der Waals surface area (Å²) in [7, 11) is 0. The number of hydrogen-bond acceptors (Lipinski definition) is 6. The quantitative estimate of drug-likeness (QED) is 0.265. The van der Waals surface area contributed by atoms with Gasteiger partial charge < -0.3 is 20.4 Å². The van der Waals surface area contributed by atoms with Crippen LogP contribution in [0.15, 0.2) is 53.4 Å². The van der Waals surface area contributed by atoms with E-state index in [1.165, 1.54) is 0 Å². The van der Waals surface area contributed by atoms with Gasteiger partial charge in [0.1, 0.15) is 6.04 Å². The lowest BCUT2D eigenvalue weighted by molar-refractivity contribution is -0.140. The number of fused-ring (bicyclic) bond motifs is 1. The average Bonchev–Trinajstić information content (AvgIpc) is 2.85. The molecular weight excluding hydrogens is 478 g/mol. The Morgan fingerprint density at radius 3 is 2.47 bits per heavy atom. The Morgan fingerprint density at radius 1 is 1.14 bits per heavy atom. The van der Waals surface area contributed by atoms with Crippen LogP contribution in [-0.2, 0) is 16.1 Å². The van der Waals surface area contributed by atoms with Crippen LogP contribution in [-0.4, -0.2) is 51.9 Å². The summed E-state index contributed by atoms with van der Waals surface area (Å²) in [5.41, 5.74) is 4.03. The number of thioether (sulfide) groups is 1. The number of amides is 1. The number of carbonyl (C=O) groups excluding carboxylic acids is 1. The minimum Gasteiger partial charge on any atom is -0.481 e. The summed E-state index contributed by atoms with van der Waals surface area (Å²) < 4.78 is 0. The van der Waals surface area contributed by atoms with Gasteiger partial charge in [-0.05, 0) is 67.6 Å². The smallest absolute Gasteiger partial charge is 0.326 e. The number of aromatic nitrogens is 1. The molecule has 3 N–H and O–H groups in total. The number of nitrogens with one attached hydrogen (secondary N) is 1. The van der Waals surface area contributed by atoms with Crippen LogP contribution < -0.4 is 10.2 Å². The van der Waals surface area contributed by atoms with E-state index >= 15 is 0 Å². The lowest BCUT2D eigenvalue weighted by atomic mass is 10.1. The summed E-state index contributed by atoms with van der Waals surface area (Å²) in [6.45, 7) is 2.87. The average molecular weight is 506 g/mol. The van der Waals surface area contributed by atoms with E-state index in [4.69, 9.17) is 11.5 Å². The van der Waals surface area contributed by atoms with Crippen molar-refractivity contribution in [3.8, 4) is 12.3 Å². The number of terminal acetylenes is 1. The van der Waals surface area contributed by atoms with Gasteiger partial charge in [-0.3, -0.25) is 14.6 Å². The predicted molar refractivity (Wildman–Crippen MR) is 140 cm³/mol. The van der Waals surface area contributed by atoms with E-state index in [1.807, 2.05) is 30.2 Å². The van der Waals surface area contributed by atoms with Crippen molar-refractivity contribution in [1.82, 2.24) is 10.3 Å². The molecule has 2 aromatic carbocycles. The molecule has 8 nitrogen and oxygen atoms in total. The number of rotatable bonds is 11. The van der Waals surface area contributed by atoms with Crippen molar-refractivity contribution < 1.29 is 24.6 Å². The highest BCUT2D eigenvalue weighted by molar-refractivity contribution is 7.98. The first-order valence-corrected chi connectivity index (χ1v) is 12.4. The van der Waals surface area contributed by atoms with Crippen molar-refractivity contribution in [2.45, 2.75) is 37.2 Å². The molecule has 1 atom stereocenters. The first-order valence-electron chi connectivity index (χ1n) is 11.2. The summed E-state index contributed by atoms with van der Waals surface area (Å²) in [5.74, 6) is -0.337. The van der Waals surface area contributed by atoms with Gasteiger partial charge in [0.15, 0.2) is 0 Å². The zero-order valence-corrected chi connectivity index (χ0v) is 20.8. The van der Waals surface area contributed by atoms with Crippen LogP contribution in [0, 0.1) is 19.3 Å². The molecule has 0 aliphatic carbocycles. The number of aliphatic carboxylic acids is 2. The number of anilines is 1. The minimum atomic E-state index is -1.29. The van der Waals surface area contributed by atoms with Crippen molar-refractivity contribution in [2.75, 3.05) is 17.7 Å². The van der Waals surface area contributed by atoms with Gasteiger partial charge in [-0.1, -0.05) is 12.0 Å². The Morgan fingerprint density at radius 2 is 1.86 bits per heavy atom. The molecule has 0 radical (unpaired) electrons. The number of hydrogen-bond donors (Lipinski definition) is 3. The lowest BCUT2D eigenvalue weighted by Crippen LogP contribution is -2.41. The molecule has 0 spiro atoms. The maximum atomic E-state index is 12.5. The first kappa shape index (κ1) is 26.6. The molecule has 0 saturated carbocycles. The fourth-order valence-corrected chi connectivity index (χ4v) is 4.47. The van der Waals surface area contributed by atoms with Gasteiger partial charge in [0.2, 0.25) is 0 Å². The Hall–Kier alpha value is -4.03. The minimum absolute atomic E-state index is 0.205. The van der Waals surface area contributed by atoms with Gasteiger partial charge in [0.25, 0.3) is 5.91 Å². The highest BCUT2D eigenvalue weighted by Gasteiger charge is 2.21. The first-order chi connectivity index (χ1) is 17.2. The van der Waals surface area contributed by atoms with Crippen LogP contribution in [0.1, 0.15) is 34.5 Å². The fraction of sp³-hybridized carbons (Fsp3) is 0.259. The van der Waals surface area contributed by atoms with Crippen molar-refractivity contribution in [3.05, 3.63) is 65.4 Å². The van der Waals surface area contributed by atoms with E-state index in [-0.39, 0.29) is 18.4 Å². The van der Waals surface area contributed by atoms with Crippen molar-refractivity contribution in [2.24, 2.45) is 0 Å². The Labute approximate surface area is 213 Å². The summed E-state index contributed by atoms with van der Waals surface area (Å²) in [6, 6.07) is 13.6. The molecule has 1 aromatic heterocycles. The van der Waals surface area contributed by atoms with E-state index in [1.54, 1.807) is 36.0 Å². The predicted octanol–water partition coefficient (Wildman–Crippen LogP) is 3.95. The topological polar surface area (TPSA) is 120 Å². The van der Waals surface area contributed by atoms with Gasteiger partial charge in [0, 0.05) is 40.2 Å². The van der Waals surface area contributed by atoms with E-state index in [9.17, 15) is 19.5 Å². The SMILES string of the molecule is C#CCN(Cc1ccc2nc(C)cc(SC)c2c1)c1ccc(C(=O)N[C@@H](CCC(=O)O)C(=O)O)cc1. The van der Waals surface area contributed by atoms with Gasteiger partial charge in [-0.25, -0.2) is 4.79 Å². The Bertz CT molecular complexity index is 1320. The van der Waals surface area contributed by atoms with Crippen molar-refractivity contribution >= 4 is 46.2 Å². The molecule has 0 unspecified atom stereocenters. The standard InChI is InChI=1S/C27H27N3O5S/c1-4-13-30(16-18-5-10-22-21(15-18)24(36-3)14-17(2)28-22)20-8-6-19(7-9-20)26(33)29-23(27(34)35)11-12-25(31)32/h1,5-10,14-15,23H,11-13,16H2,2-3H3,(H,29,33)(H,31,32)(H,34,35)/t23-/m0/s1. The van der Waals surface area contributed by atoms with Gasteiger partial charge in [-0.15, -0.1) is 18.2 Å². The molecule has 3 aromatic rings. The van der Waals surface area contributed by atoms with E-state index in [2.05, 4.69) is 28.4 Å². The molecule has 0 saturated heterocycles. The Balaban J connectivity index is 1.77. The lowest BCUT2D eigenvalue weighted by Gasteiger charge is -2.23. The molecule has 9 heteroatoms. The molecule has 0 aliphatic heterocycles. The largest absolute Gasteiger partial charge is 0.481 e. The third-order valence-electron chi connectivity index (χ3n) is 5.58. The van der Waals surface area contributed by atoms with Crippen LogP contribution in [0.3, 0.4) is 0 Å². The van der Waals surface area contributed by atoms with Gasteiger partial charge >= 0.3 is 11.9 Å². The number of benzene rings is 2. The maximum absolute atomic E-state index is 12.5. The molecule has 0 fully saturated rings. The number of aryl methyl sites for hydroxylation is 1. The molecule has 36 heavy (non-hydrogen) atoms. The van der Waals surface area contributed by atoms with E-state index < -0.39 is 23.9 Å². The zero-order chi connectivity index (χ0) is 26.2.